The van der Waals surface area contributed by atoms with Crippen molar-refractivity contribution in [1.29, 1.82) is 0 Å². The van der Waals surface area contributed by atoms with E-state index < -0.39 is 47.8 Å². The summed E-state index contributed by atoms with van der Waals surface area (Å²) in [5.41, 5.74) is 0. The third-order valence-electron chi connectivity index (χ3n) is 4.88. The molecular formula is C16H25NO8. The van der Waals surface area contributed by atoms with E-state index >= 15 is 0 Å². The average molecular weight is 359 g/mol. The Kier molecular flexibility index (Phi) is 7.82. The van der Waals surface area contributed by atoms with E-state index in [4.69, 9.17) is 20.4 Å². The summed E-state index contributed by atoms with van der Waals surface area (Å²) in [7, 11) is 1.55. The van der Waals surface area contributed by atoms with Gasteiger partial charge in [0.2, 0.25) is 0 Å². The molecule has 0 aromatic rings. The summed E-state index contributed by atoms with van der Waals surface area (Å²) in [4.78, 5) is 43.9. The Morgan fingerprint density at radius 3 is 1.36 bits per heavy atom. The van der Waals surface area contributed by atoms with E-state index in [0.717, 1.165) is 0 Å². The normalized spacial score (nSPS) is 29.8. The van der Waals surface area contributed by atoms with Crippen molar-refractivity contribution in [2.24, 2.45) is 11.8 Å². The molecule has 0 aromatic heterocycles. The van der Waals surface area contributed by atoms with Crippen molar-refractivity contribution in [2.45, 2.75) is 57.0 Å². The van der Waals surface area contributed by atoms with Gasteiger partial charge in [-0.2, -0.15) is 0 Å². The largest absolute Gasteiger partial charge is 0.481 e. The molecule has 0 spiro atoms. The van der Waals surface area contributed by atoms with Crippen LogP contribution in [0, 0.1) is 11.8 Å². The molecule has 2 fully saturated rings. The number of aliphatic carboxylic acids is 4. The summed E-state index contributed by atoms with van der Waals surface area (Å²) in [5, 5.41) is 34.8. The molecule has 0 bridgehead atoms. The van der Waals surface area contributed by atoms with Crippen molar-refractivity contribution in [3.8, 4) is 0 Å². The molecule has 9 heteroatoms. The Balaban J connectivity index is 0.000000251. The van der Waals surface area contributed by atoms with Crippen LogP contribution in [-0.4, -0.2) is 68.3 Å². The molecule has 0 aromatic carbocycles. The summed E-state index contributed by atoms with van der Waals surface area (Å²) in [6.45, 7) is 0. The fourth-order valence-corrected chi connectivity index (χ4v) is 3.36. The molecule has 9 nitrogen and oxygen atoms in total. The monoisotopic (exact) mass is 359 g/mol. The molecule has 1 saturated carbocycles. The molecule has 142 valence electrons. The molecule has 1 aliphatic carbocycles. The zero-order valence-corrected chi connectivity index (χ0v) is 14.1. The van der Waals surface area contributed by atoms with Crippen LogP contribution in [0.3, 0.4) is 0 Å². The highest BCUT2D eigenvalue weighted by molar-refractivity contribution is 5.78. The van der Waals surface area contributed by atoms with E-state index in [1.807, 2.05) is 0 Å². The van der Waals surface area contributed by atoms with Gasteiger partial charge in [-0.1, -0.05) is 6.42 Å². The summed E-state index contributed by atoms with van der Waals surface area (Å²) in [5.74, 6) is -4.48. The molecule has 0 radical (unpaired) electrons. The maximum Gasteiger partial charge on any atom is 0.320 e. The molecular weight excluding hydrogens is 334 g/mol. The SMILES string of the molecule is CN1C(C(=O)O)CCC[C@@H]1C(=O)O.O=C(O)C1CCC[C@H](C(=O)O)C1. The summed E-state index contributed by atoms with van der Waals surface area (Å²) in [6, 6.07) is -1.29. The minimum Gasteiger partial charge on any atom is -0.481 e. The lowest BCUT2D eigenvalue weighted by atomic mass is 9.81. The molecule has 0 amide bonds. The maximum absolute atomic E-state index is 10.7. The first kappa shape index (κ1) is 20.9. The second-order valence-electron chi connectivity index (χ2n) is 6.54. The second kappa shape index (κ2) is 9.36. The zero-order chi connectivity index (χ0) is 19.1. The van der Waals surface area contributed by atoms with Crippen LogP contribution in [0.1, 0.15) is 44.9 Å². The van der Waals surface area contributed by atoms with Crippen LogP contribution in [0.4, 0.5) is 0 Å². The van der Waals surface area contributed by atoms with Crippen molar-refractivity contribution < 1.29 is 39.6 Å². The highest BCUT2D eigenvalue weighted by Gasteiger charge is 2.35. The molecule has 2 aliphatic rings. The van der Waals surface area contributed by atoms with Gasteiger partial charge in [0.1, 0.15) is 12.1 Å². The third kappa shape index (κ3) is 6.00. The number of piperidine rings is 1. The second-order valence-corrected chi connectivity index (χ2v) is 6.54. The van der Waals surface area contributed by atoms with Crippen LogP contribution in [0.15, 0.2) is 0 Å². The zero-order valence-electron chi connectivity index (χ0n) is 14.1. The number of carbonyl (C=O) groups is 4. The molecule has 25 heavy (non-hydrogen) atoms. The van der Waals surface area contributed by atoms with Gasteiger partial charge in [0.25, 0.3) is 0 Å². The average Bonchev–Trinajstić information content (AvgIpc) is 2.55. The van der Waals surface area contributed by atoms with Crippen LogP contribution in [0.5, 0.6) is 0 Å². The number of hydrogen-bond acceptors (Lipinski definition) is 5. The van der Waals surface area contributed by atoms with Crippen molar-refractivity contribution in [3.63, 3.8) is 0 Å². The minimum absolute atomic E-state index is 0.296. The fraction of sp³-hybridized carbons (Fsp3) is 0.750. The van der Waals surface area contributed by atoms with Crippen molar-refractivity contribution in [3.05, 3.63) is 0 Å². The van der Waals surface area contributed by atoms with Gasteiger partial charge in [-0.3, -0.25) is 24.1 Å². The fourth-order valence-electron chi connectivity index (χ4n) is 3.36. The first-order chi connectivity index (χ1) is 11.6. The first-order valence-electron chi connectivity index (χ1n) is 8.28. The quantitative estimate of drug-likeness (QED) is 0.575. The predicted octanol–water partition coefficient (Wildman–Crippen LogP) is 0.971. The Bertz CT molecular complexity index is 478. The highest BCUT2D eigenvalue weighted by Crippen LogP contribution is 2.29. The van der Waals surface area contributed by atoms with Gasteiger partial charge in [-0.05, 0) is 45.6 Å². The van der Waals surface area contributed by atoms with Crippen LogP contribution in [0.2, 0.25) is 0 Å². The Labute approximate surface area is 145 Å². The van der Waals surface area contributed by atoms with Crippen molar-refractivity contribution >= 4 is 23.9 Å². The molecule has 1 aliphatic heterocycles. The number of nitrogens with zero attached hydrogens (tertiary/aromatic N) is 1. The number of rotatable bonds is 4. The van der Waals surface area contributed by atoms with Crippen molar-refractivity contribution in [2.75, 3.05) is 7.05 Å². The first-order valence-corrected chi connectivity index (χ1v) is 8.28. The van der Waals surface area contributed by atoms with E-state index in [9.17, 15) is 19.2 Å². The van der Waals surface area contributed by atoms with Crippen LogP contribution in [-0.2, 0) is 19.2 Å². The lowest BCUT2D eigenvalue weighted by Gasteiger charge is -2.34. The van der Waals surface area contributed by atoms with Crippen LogP contribution < -0.4 is 0 Å². The molecule has 1 saturated heterocycles. The highest BCUT2D eigenvalue weighted by atomic mass is 16.4. The van der Waals surface area contributed by atoms with Gasteiger partial charge in [0.15, 0.2) is 0 Å². The number of likely N-dealkylation sites (tertiary alicyclic amines) is 1. The Morgan fingerprint density at radius 2 is 1.04 bits per heavy atom. The molecule has 1 heterocycles. The summed E-state index contributed by atoms with van der Waals surface area (Å²) < 4.78 is 0. The number of carboxylic acid groups (broad SMARTS) is 4. The minimum atomic E-state index is -0.937. The summed E-state index contributed by atoms with van der Waals surface area (Å²) >= 11 is 0. The Morgan fingerprint density at radius 1 is 0.680 bits per heavy atom. The van der Waals surface area contributed by atoms with Gasteiger partial charge in [-0.25, -0.2) is 0 Å². The van der Waals surface area contributed by atoms with Crippen molar-refractivity contribution in [1.82, 2.24) is 4.90 Å². The predicted molar refractivity (Wildman–Crippen MR) is 85.2 cm³/mol. The van der Waals surface area contributed by atoms with Crippen LogP contribution in [0.25, 0.3) is 0 Å². The molecule has 2 rings (SSSR count). The lowest BCUT2D eigenvalue weighted by Crippen LogP contribution is -2.51. The van der Waals surface area contributed by atoms with E-state index in [-0.39, 0.29) is 0 Å². The van der Waals surface area contributed by atoms with E-state index in [1.54, 1.807) is 7.05 Å². The number of carboxylic acids is 4. The number of hydrogen-bond donors (Lipinski definition) is 4. The van der Waals surface area contributed by atoms with Crippen LogP contribution >= 0.6 is 0 Å². The number of likely N-dealkylation sites (N-methyl/N-ethyl adjacent to an activating group) is 1. The van der Waals surface area contributed by atoms with Gasteiger partial charge in [-0.15, -0.1) is 0 Å². The van der Waals surface area contributed by atoms with E-state index in [2.05, 4.69) is 0 Å². The van der Waals surface area contributed by atoms with E-state index in [0.29, 0.717) is 44.9 Å². The molecule has 4 N–H and O–H groups in total. The van der Waals surface area contributed by atoms with E-state index in [1.165, 1.54) is 4.90 Å². The standard InChI is InChI=1S/C8H13NO4.C8H12O4/c1-9-5(7(10)11)3-2-4-6(9)8(12)13;9-7(10)5-2-1-3-6(4-5)8(11)12/h5-6H,2-4H2,1H3,(H,10,11)(H,12,13);5-6H,1-4H2,(H,9,10)(H,11,12)/t2*5-,6?/m10/s1. The molecule has 4 atom stereocenters. The molecule has 2 unspecified atom stereocenters. The van der Waals surface area contributed by atoms with Gasteiger partial charge in [0.05, 0.1) is 11.8 Å². The smallest absolute Gasteiger partial charge is 0.320 e. The lowest BCUT2D eigenvalue weighted by molar-refractivity contribution is -0.152. The van der Waals surface area contributed by atoms with Gasteiger partial charge in [0, 0.05) is 0 Å². The van der Waals surface area contributed by atoms with Gasteiger partial charge >= 0.3 is 23.9 Å². The maximum atomic E-state index is 10.7. The Hall–Kier alpha value is -2.16. The van der Waals surface area contributed by atoms with Gasteiger partial charge < -0.3 is 20.4 Å². The third-order valence-corrected chi connectivity index (χ3v) is 4.88. The topological polar surface area (TPSA) is 152 Å². The summed E-state index contributed by atoms with van der Waals surface area (Å²) in [6.07, 6.45) is 4.00.